The Labute approximate surface area is 161 Å². The van der Waals surface area contributed by atoms with Crippen molar-refractivity contribution in [3.8, 4) is 0 Å². The number of ether oxygens (including phenoxy) is 1. The molecule has 0 aliphatic carbocycles. The molecular weight excluding hydrogens is 344 g/mol. The molecule has 0 radical (unpaired) electrons. The summed E-state index contributed by atoms with van der Waals surface area (Å²) < 4.78 is 4.58. The number of hydrogen-bond acceptors (Lipinski definition) is 6. The van der Waals surface area contributed by atoms with Crippen LogP contribution in [0.3, 0.4) is 0 Å². The average molecular weight is 377 g/mol. The number of esters is 1. The van der Waals surface area contributed by atoms with Gasteiger partial charge in [0.15, 0.2) is 0 Å². The second-order valence-electron chi connectivity index (χ2n) is 7.18. The Hall–Kier alpha value is -2.18. The molecule has 0 spiro atoms. The Bertz CT molecular complexity index is 628. The highest BCUT2D eigenvalue weighted by Gasteiger charge is 2.17. The van der Waals surface area contributed by atoms with Gasteiger partial charge < -0.3 is 15.0 Å². The number of aromatic nitrogens is 2. The van der Waals surface area contributed by atoms with Gasteiger partial charge in [-0.25, -0.2) is 9.97 Å². The first-order chi connectivity index (χ1) is 13.0. The van der Waals surface area contributed by atoms with E-state index < -0.39 is 0 Å². The molecule has 1 saturated heterocycles. The second kappa shape index (κ2) is 10.8. The Morgan fingerprint density at radius 3 is 2.48 bits per heavy atom. The number of amides is 1. The molecule has 1 amide bonds. The standard InChI is InChI=1S/C20H32N4O3/c1-15(22-18(25)10-9-11-19(26)27-3)17-14-21-20(23-16(17)2)24-12-7-5-4-6-8-13-24/h14-15H,4-13H2,1-3H3,(H,22,25)/t15-/m1/s1. The Balaban J connectivity index is 1.91. The molecule has 0 aromatic carbocycles. The summed E-state index contributed by atoms with van der Waals surface area (Å²) in [7, 11) is 1.35. The van der Waals surface area contributed by atoms with Gasteiger partial charge in [0, 0.05) is 43.4 Å². The fourth-order valence-corrected chi connectivity index (χ4v) is 3.38. The van der Waals surface area contributed by atoms with Crippen molar-refractivity contribution < 1.29 is 14.3 Å². The molecule has 1 fully saturated rings. The molecule has 7 heteroatoms. The summed E-state index contributed by atoms with van der Waals surface area (Å²) in [6.45, 7) is 5.90. The summed E-state index contributed by atoms with van der Waals surface area (Å²) >= 11 is 0. The van der Waals surface area contributed by atoms with Crippen molar-refractivity contribution in [1.29, 1.82) is 0 Å². The molecule has 150 valence electrons. The number of rotatable bonds is 7. The van der Waals surface area contributed by atoms with Crippen LogP contribution in [0.25, 0.3) is 0 Å². The molecule has 1 aliphatic heterocycles. The summed E-state index contributed by atoms with van der Waals surface area (Å²) in [5.41, 5.74) is 1.82. The predicted molar refractivity (Wildman–Crippen MR) is 104 cm³/mol. The summed E-state index contributed by atoms with van der Waals surface area (Å²) in [5.74, 6) is 0.410. The van der Waals surface area contributed by atoms with E-state index in [9.17, 15) is 9.59 Å². The first-order valence-corrected chi connectivity index (χ1v) is 9.96. The minimum Gasteiger partial charge on any atom is -0.469 e. The van der Waals surface area contributed by atoms with E-state index in [0.29, 0.717) is 12.8 Å². The summed E-state index contributed by atoms with van der Waals surface area (Å²) in [6, 6.07) is -0.169. The van der Waals surface area contributed by atoms with Crippen LogP contribution in [0.5, 0.6) is 0 Å². The highest BCUT2D eigenvalue weighted by molar-refractivity contribution is 5.77. The first-order valence-electron chi connectivity index (χ1n) is 9.96. The number of hydrogen-bond donors (Lipinski definition) is 1. The van der Waals surface area contributed by atoms with Crippen molar-refractivity contribution >= 4 is 17.8 Å². The molecule has 1 aromatic rings. The topological polar surface area (TPSA) is 84.4 Å². The Morgan fingerprint density at radius 1 is 1.19 bits per heavy atom. The minimum absolute atomic E-state index is 0.0846. The van der Waals surface area contributed by atoms with Crippen LogP contribution in [-0.2, 0) is 14.3 Å². The van der Waals surface area contributed by atoms with E-state index in [-0.39, 0.29) is 24.3 Å². The molecular formula is C20H32N4O3. The zero-order chi connectivity index (χ0) is 19.6. The van der Waals surface area contributed by atoms with Crippen LogP contribution in [0.2, 0.25) is 0 Å². The van der Waals surface area contributed by atoms with Crippen molar-refractivity contribution in [2.75, 3.05) is 25.1 Å². The number of carbonyl (C=O) groups excluding carboxylic acids is 2. The molecule has 0 saturated carbocycles. The van der Waals surface area contributed by atoms with Gasteiger partial charge in [-0.2, -0.15) is 0 Å². The van der Waals surface area contributed by atoms with E-state index in [2.05, 4.69) is 19.9 Å². The quantitative estimate of drug-likeness (QED) is 0.736. The minimum atomic E-state index is -0.292. The zero-order valence-electron chi connectivity index (χ0n) is 16.8. The maximum Gasteiger partial charge on any atom is 0.305 e. The van der Waals surface area contributed by atoms with Gasteiger partial charge in [0.25, 0.3) is 0 Å². The number of carbonyl (C=O) groups is 2. The molecule has 0 bridgehead atoms. The van der Waals surface area contributed by atoms with Crippen LogP contribution in [0.4, 0.5) is 5.95 Å². The lowest BCUT2D eigenvalue weighted by Crippen LogP contribution is -2.30. The highest BCUT2D eigenvalue weighted by atomic mass is 16.5. The molecule has 1 aliphatic rings. The fraction of sp³-hybridized carbons (Fsp3) is 0.700. The van der Waals surface area contributed by atoms with Gasteiger partial charge in [-0.15, -0.1) is 0 Å². The van der Waals surface area contributed by atoms with Crippen LogP contribution in [0.15, 0.2) is 6.20 Å². The van der Waals surface area contributed by atoms with Crippen molar-refractivity contribution in [2.24, 2.45) is 0 Å². The van der Waals surface area contributed by atoms with Gasteiger partial charge in [-0.05, 0) is 33.1 Å². The van der Waals surface area contributed by atoms with E-state index >= 15 is 0 Å². The van der Waals surface area contributed by atoms with Gasteiger partial charge in [0.2, 0.25) is 11.9 Å². The molecule has 2 rings (SSSR count). The lowest BCUT2D eigenvalue weighted by Gasteiger charge is -2.25. The number of methoxy groups -OCH3 is 1. The molecule has 2 heterocycles. The molecule has 7 nitrogen and oxygen atoms in total. The molecule has 27 heavy (non-hydrogen) atoms. The third kappa shape index (κ3) is 6.81. The van der Waals surface area contributed by atoms with Gasteiger partial charge in [0.05, 0.1) is 13.2 Å². The van der Waals surface area contributed by atoms with Crippen molar-refractivity contribution in [2.45, 2.75) is 71.3 Å². The van der Waals surface area contributed by atoms with E-state index in [4.69, 9.17) is 4.98 Å². The SMILES string of the molecule is COC(=O)CCCC(=O)N[C@H](C)c1cnc(N2CCCCCCC2)nc1C. The maximum absolute atomic E-state index is 12.1. The Morgan fingerprint density at radius 2 is 1.85 bits per heavy atom. The highest BCUT2D eigenvalue weighted by Crippen LogP contribution is 2.20. The third-order valence-electron chi connectivity index (χ3n) is 5.00. The van der Waals surface area contributed by atoms with Gasteiger partial charge in [-0.1, -0.05) is 19.3 Å². The van der Waals surface area contributed by atoms with Crippen molar-refractivity contribution in [1.82, 2.24) is 15.3 Å². The monoisotopic (exact) mass is 376 g/mol. The van der Waals surface area contributed by atoms with Crippen LogP contribution < -0.4 is 10.2 Å². The van der Waals surface area contributed by atoms with Crippen molar-refractivity contribution in [3.63, 3.8) is 0 Å². The normalized spacial score (nSPS) is 16.2. The molecule has 1 aromatic heterocycles. The number of aryl methyl sites for hydroxylation is 1. The van der Waals surface area contributed by atoms with E-state index in [1.807, 2.05) is 20.0 Å². The van der Waals surface area contributed by atoms with Gasteiger partial charge >= 0.3 is 5.97 Å². The van der Waals surface area contributed by atoms with Crippen LogP contribution >= 0.6 is 0 Å². The summed E-state index contributed by atoms with van der Waals surface area (Å²) in [5, 5.41) is 2.96. The van der Waals surface area contributed by atoms with E-state index in [1.165, 1.54) is 39.2 Å². The van der Waals surface area contributed by atoms with Crippen LogP contribution in [-0.4, -0.2) is 42.0 Å². The first kappa shape index (κ1) is 21.1. The van der Waals surface area contributed by atoms with Crippen LogP contribution in [0.1, 0.15) is 75.6 Å². The lowest BCUT2D eigenvalue weighted by atomic mass is 10.1. The lowest BCUT2D eigenvalue weighted by molar-refractivity contribution is -0.140. The van der Waals surface area contributed by atoms with Crippen molar-refractivity contribution in [3.05, 3.63) is 17.5 Å². The molecule has 0 unspecified atom stereocenters. The average Bonchev–Trinajstić information content (AvgIpc) is 2.61. The smallest absolute Gasteiger partial charge is 0.305 e. The second-order valence-corrected chi connectivity index (χ2v) is 7.18. The largest absolute Gasteiger partial charge is 0.469 e. The molecule has 1 atom stereocenters. The molecule has 1 N–H and O–H groups in total. The summed E-state index contributed by atoms with van der Waals surface area (Å²) in [4.78, 5) is 34.7. The number of anilines is 1. The summed E-state index contributed by atoms with van der Waals surface area (Å²) in [6.07, 6.45) is 9.09. The number of nitrogens with zero attached hydrogens (tertiary/aromatic N) is 3. The number of nitrogens with one attached hydrogen (secondary N) is 1. The third-order valence-corrected chi connectivity index (χ3v) is 5.00. The zero-order valence-corrected chi connectivity index (χ0v) is 16.8. The van der Waals surface area contributed by atoms with E-state index in [1.54, 1.807) is 0 Å². The fourth-order valence-electron chi connectivity index (χ4n) is 3.38. The Kier molecular flexibility index (Phi) is 8.48. The van der Waals surface area contributed by atoms with Gasteiger partial charge in [-0.3, -0.25) is 9.59 Å². The van der Waals surface area contributed by atoms with Gasteiger partial charge in [0.1, 0.15) is 0 Å². The van der Waals surface area contributed by atoms with E-state index in [0.717, 1.165) is 30.3 Å². The van der Waals surface area contributed by atoms with Crippen LogP contribution in [0, 0.1) is 6.92 Å². The predicted octanol–water partition coefficient (Wildman–Crippen LogP) is 3.08. The maximum atomic E-state index is 12.1.